The van der Waals surface area contributed by atoms with Gasteiger partial charge in [-0.2, -0.15) is 0 Å². The van der Waals surface area contributed by atoms with Gasteiger partial charge in [0.05, 0.1) is 12.7 Å². The summed E-state index contributed by atoms with van der Waals surface area (Å²) in [4.78, 5) is 27.4. The molecule has 2 aromatic carbocycles. The van der Waals surface area contributed by atoms with Crippen LogP contribution in [0.4, 0.5) is 5.00 Å². The van der Waals surface area contributed by atoms with Crippen LogP contribution in [0.1, 0.15) is 45.1 Å². The topological polar surface area (TPSA) is 55.4 Å². The first-order valence-corrected chi connectivity index (χ1v) is 12.7. The standard InChI is InChI=1S/C25H24ClNO3S2/c1-30-25(29)23-20-12-7-17(16-5-3-2-4-6-16)15-21(20)32-24(23)27-22(28)13-14-31-19-10-8-18(26)9-11-19/h2-6,8-11,17H,7,12-15H2,1H3,(H,27,28). The van der Waals surface area contributed by atoms with Crippen molar-refractivity contribution in [1.29, 1.82) is 0 Å². The van der Waals surface area contributed by atoms with Crippen LogP contribution in [-0.2, 0) is 22.4 Å². The Balaban J connectivity index is 1.45. The van der Waals surface area contributed by atoms with E-state index in [2.05, 4.69) is 29.6 Å². The van der Waals surface area contributed by atoms with Crippen molar-refractivity contribution in [1.82, 2.24) is 0 Å². The van der Waals surface area contributed by atoms with Crippen molar-refractivity contribution < 1.29 is 14.3 Å². The van der Waals surface area contributed by atoms with E-state index in [9.17, 15) is 9.59 Å². The van der Waals surface area contributed by atoms with Gasteiger partial charge >= 0.3 is 5.97 Å². The molecular formula is C25H24ClNO3S2. The lowest BCUT2D eigenvalue weighted by Gasteiger charge is -2.22. The second-order valence-corrected chi connectivity index (χ2v) is 10.4. The number of hydrogen-bond donors (Lipinski definition) is 1. The van der Waals surface area contributed by atoms with Crippen molar-refractivity contribution in [2.45, 2.75) is 36.5 Å². The third kappa shape index (κ3) is 5.37. The summed E-state index contributed by atoms with van der Waals surface area (Å²) in [6, 6.07) is 18.0. The molecule has 1 aliphatic rings. The number of ether oxygens (including phenoxy) is 1. The number of fused-ring (bicyclic) bond motifs is 1. The zero-order chi connectivity index (χ0) is 22.5. The molecule has 7 heteroatoms. The SMILES string of the molecule is COC(=O)c1c(NC(=O)CCSc2ccc(Cl)cc2)sc2c1CCC(c1ccccc1)C2. The largest absolute Gasteiger partial charge is 0.465 e. The number of thiophene rings is 1. The highest BCUT2D eigenvalue weighted by Crippen LogP contribution is 2.42. The van der Waals surface area contributed by atoms with Gasteiger partial charge in [0.25, 0.3) is 0 Å². The van der Waals surface area contributed by atoms with E-state index in [0.717, 1.165) is 34.6 Å². The first-order chi connectivity index (χ1) is 15.5. The number of halogens is 1. The van der Waals surface area contributed by atoms with E-state index >= 15 is 0 Å². The van der Waals surface area contributed by atoms with Gasteiger partial charge in [-0.05, 0) is 60.6 Å². The van der Waals surface area contributed by atoms with Crippen LogP contribution in [0.25, 0.3) is 0 Å². The normalized spacial score (nSPS) is 15.1. The fourth-order valence-electron chi connectivity index (χ4n) is 3.98. The first kappa shape index (κ1) is 22.9. The maximum atomic E-state index is 12.6. The molecule has 0 aliphatic heterocycles. The Morgan fingerprint density at radius 2 is 1.91 bits per heavy atom. The number of carbonyl (C=O) groups is 2. The lowest BCUT2D eigenvalue weighted by atomic mass is 9.83. The Morgan fingerprint density at radius 1 is 1.16 bits per heavy atom. The molecule has 4 rings (SSSR count). The zero-order valence-corrected chi connectivity index (χ0v) is 20.1. The number of methoxy groups -OCH3 is 1. The van der Waals surface area contributed by atoms with Crippen LogP contribution in [0.3, 0.4) is 0 Å². The molecule has 4 nitrogen and oxygen atoms in total. The van der Waals surface area contributed by atoms with E-state index in [1.165, 1.54) is 24.0 Å². The minimum absolute atomic E-state index is 0.102. The molecule has 1 aromatic heterocycles. The van der Waals surface area contributed by atoms with E-state index in [1.807, 2.05) is 30.3 Å². The lowest BCUT2D eigenvalue weighted by Crippen LogP contribution is -2.16. The molecule has 32 heavy (non-hydrogen) atoms. The number of hydrogen-bond acceptors (Lipinski definition) is 5. The zero-order valence-electron chi connectivity index (χ0n) is 17.7. The molecular weight excluding hydrogens is 462 g/mol. The molecule has 1 atom stereocenters. The van der Waals surface area contributed by atoms with Crippen LogP contribution in [-0.4, -0.2) is 24.7 Å². The van der Waals surface area contributed by atoms with Crippen molar-refractivity contribution in [2.75, 3.05) is 18.2 Å². The van der Waals surface area contributed by atoms with Gasteiger partial charge < -0.3 is 10.1 Å². The van der Waals surface area contributed by atoms with Crippen molar-refractivity contribution in [2.24, 2.45) is 0 Å². The third-order valence-electron chi connectivity index (χ3n) is 5.59. The van der Waals surface area contributed by atoms with E-state index in [-0.39, 0.29) is 11.9 Å². The van der Waals surface area contributed by atoms with Gasteiger partial charge in [-0.25, -0.2) is 4.79 Å². The lowest BCUT2D eigenvalue weighted by molar-refractivity contribution is -0.115. The summed E-state index contributed by atoms with van der Waals surface area (Å²) in [6.45, 7) is 0. The highest BCUT2D eigenvalue weighted by Gasteiger charge is 2.30. The van der Waals surface area contributed by atoms with Crippen LogP contribution in [0.2, 0.25) is 5.02 Å². The summed E-state index contributed by atoms with van der Waals surface area (Å²) >= 11 is 9.03. The Morgan fingerprint density at radius 3 is 2.62 bits per heavy atom. The molecule has 0 saturated heterocycles. The van der Waals surface area contributed by atoms with E-state index in [4.69, 9.17) is 16.3 Å². The second-order valence-electron chi connectivity index (χ2n) is 7.65. The molecule has 0 spiro atoms. The average molecular weight is 486 g/mol. The van der Waals surface area contributed by atoms with Crippen molar-refractivity contribution in [3.05, 3.63) is 81.2 Å². The molecule has 0 fully saturated rings. The van der Waals surface area contributed by atoms with Crippen LogP contribution >= 0.6 is 34.7 Å². The van der Waals surface area contributed by atoms with Gasteiger partial charge in [-0.1, -0.05) is 41.9 Å². The molecule has 1 aliphatic carbocycles. The molecule has 0 bridgehead atoms. The fraction of sp³-hybridized carbons (Fsp3) is 0.280. The summed E-state index contributed by atoms with van der Waals surface area (Å²) in [5, 5.41) is 4.28. The molecule has 0 radical (unpaired) electrons. The van der Waals surface area contributed by atoms with Gasteiger partial charge in [-0.15, -0.1) is 23.1 Å². The van der Waals surface area contributed by atoms with Gasteiger partial charge in [0, 0.05) is 27.0 Å². The second kappa shape index (κ2) is 10.6. The molecule has 166 valence electrons. The third-order valence-corrected chi connectivity index (χ3v) is 8.03. The Hall–Kier alpha value is -2.28. The first-order valence-electron chi connectivity index (χ1n) is 10.5. The predicted octanol–water partition coefficient (Wildman–Crippen LogP) is 6.58. The number of nitrogens with one attached hydrogen (secondary N) is 1. The van der Waals surface area contributed by atoms with Crippen molar-refractivity contribution in [3.63, 3.8) is 0 Å². The molecule has 1 amide bonds. The van der Waals surface area contributed by atoms with Gasteiger partial charge in [0.2, 0.25) is 5.91 Å². The quantitative estimate of drug-likeness (QED) is 0.303. The number of thioether (sulfide) groups is 1. The average Bonchev–Trinajstić information content (AvgIpc) is 3.17. The maximum absolute atomic E-state index is 12.6. The molecule has 1 N–H and O–H groups in total. The number of esters is 1. The maximum Gasteiger partial charge on any atom is 0.341 e. The summed E-state index contributed by atoms with van der Waals surface area (Å²) in [5.41, 5.74) is 2.87. The monoisotopic (exact) mass is 485 g/mol. The van der Waals surface area contributed by atoms with Crippen LogP contribution in [0.15, 0.2) is 59.5 Å². The number of carbonyl (C=O) groups excluding carboxylic acids is 2. The predicted molar refractivity (Wildman–Crippen MR) is 132 cm³/mol. The minimum Gasteiger partial charge on any atom is -0.465 e. The van der Waals surface area contributed by atoms with Crippen LogP contribution in [0.5, 0.6) is 0 Å². The van der Waals surface area contributed by atoms with E-state index in [1.54, 1.807) is 11.8 Å². The van der Waals surface area contributed by atoms with E-state index < -0.39 is 0 Å². The van der Waals surface area contributed by atoms with Crippen molar-refractivity contribution in [3.8, 4) is 0 Å². The Labute approximate surface area is 201 Å². The Kier molecular flexibility index (Phi) is 7.55. The van der Waals surface area contributed by atoms with Gasteiger partial charge in [-0.3, -0.25) is 4.79 Å². The molecule has 1 heterocycles. The molecule has 3 aromatic rings. The fourth-order valence-corrected chi connectivity index (χ4v) is 6.29. The van der Waals surface area contributed by atoms with E-state index in [0.29, 0.717) is 33.7 Å². The molecule has 1 unspecified atom stereocenters. The van der Waals surface area contributed by atoms with Gasteiger partial charge in [0.15, 0.2) is 0 Å². The summed E-state index contributed by atoms with van der Waals surface area (Å²) < 4.78 is 5.04. The van der Waals surface area contributed by atoms with Gasteiger partial charge in [0.1, 0.15) is 5.00 Å². The smallest absolute Gasteiger partial charge is 0.341 e. The number of amides is 1. The number of benzene rings is 2. The Bertz CT molecular complexity index is 1100. The highest BCUT2D eigenvalue weighted by molar-refractivity contribution is 7.99. The summed E-state index contributed by atoms with van der Waals surface area (Å²) in [7, 11) is 1.39. The molecule has 0 saturated carbocycles. The van der Waals surface area contributed by atoms with Crippen LogP contribution in [0, 0.1) is 0 Å². The summed E-state index contributed by atoms with van der Waals surface area (Å²) in [5.74, 6) is 0.579. The number of anilines is 1. The minimum atomic E-state index is -0.383. The van der Waals surface area contributed by atoms with Crippen LogP contribution < -0.4 is 5.32 Å². The highest BCUT2D eigenvalue weighted by atomic mass is 35.5. The number of rotatable bonds is 7. The summed E-state index contributed by atoms with van der Waals surface area (Å²) in [6.07, 6.45) is 3.00. The van der Waals surface area contributed by atoms with Crippen molar-refractivity contribution >= 4 is 51.6 Å².